The van der Waals surface area contributed by atoms with Crippen LogP contribution in [-0.4, -0.2) is 22.6 Å². The van der Waals surface area contributed by atoms with Gasteiger partial charge in [-0.25, -0.2) is 0 Å². The molecule has 70 heavy (non-hydrogen) atoms. The van der Waals surface area contributed by atoms with E-state index in [1.54, 1.807) is 42.6 Å². The predicted molar refractivity (Wildman–Crippen MR) is 296 cm³/mol. The molecular weight excluding hydrogens is 1050 g/mol. The van der Waals surface area contributed by atoms with Gasteiger partial charge in [0, 0.05) is 51.1 Å². The van der Waals surface area contributed by atoms with E-state index in [4.69, 9.17) is 20.4 Å². The van der Waals surface area contributed by atoms with Crippen molar-refractivity contribution in [3.8, 4) is 50.6 Å². The maximum atomic E-state index is 9.49. The van der Waals surface area contributed by atoms with Gasteiger partial charge in [-0.15, -0.1) is 47.5 Å². The number of hydrogen-bond donors (Lipinski definition) is 0. The average Bonchev–Trinajstić information content (AvgIpc) is 3.98. The van der Waals surface area contributed by atoms with Crippen LogP contribution in [0.1, 0.15) is 102 Å². The third kappa shape index (κ3) is 10.5. The molecule has 10 rings (SSSR count). The second-order valence-electron chi connectivity index (χ2n) is 20.3. The minimum atomic E-state index is -2.27. The summed E-state index contributed by atoms with van der Waals surface area (Å²) >= 11 is 0. The topological polar surface area (TPSA) is 43.9 Å². The van der Waals surface area contributed by atoms with E-state index >= 15 is 0 Å². The zero-order valence-electron chi connectivity index (χ0n) is 51.5. The van der Waals surface area contributed by atoms with E-state index in [0.29, 0.717) is 44.9 Å². The van der Waals surface area contributed by atoms with Gasteiger partial charge in [0.2, 0.25) is 0 Å². The first-order chi connectivity index (χ1) is 36.7. The molecule has 3 heterocycles. The van der Waals surface area contributed by atoms with Gasteiger partial charge in [-0.2, -0.15) is 0 Å². The number of fused-ring (bicyclic) bond motifs is 4. The first-order valence-corrected chi connectivity index (χ1v) is 27.0. The standard InChI is InChI=1S/C41H41N2OSi.C23H24N.Ir/c1-25(2)34-23-29(28-17-19-30(20-18-28)45(6,7)8)24-35(26(3)4)39(34)43-37-15-10-9-14-36(37)42-41(43)33-13-11-12-32-31-21-16-27(5)22-38(31)44-40(32)33;1-17-10-12-20(14-21(17)19-8-6-5-7-9-19)22-13-11-18(16-24-22)15-23(2,3)4;/h9-12,14-26H,1-8H3;5-11,13-14,16H,15H2,1-4H3;/q2*-1;/i5D3,25D,26D;1D3,15D2;. The first-order valence-electron chi connectivity index (χ1n) is 28.5. The van der Waals surface area contributed by atoms with E-state index in [9.17, 15) is 2.74 Å². The minimum Gasteiger partial charge on any atom is -0.501 e. The molecule has 0 spiro atoms. The fraction of sp³-hybridized carbons (Fsp3) is 0.250. The summed E-state index contributed by atoms with van der Waals surface area (Å²) in [6, 6.07) is 52.2. The van der Waals surface area contributed by atoms with Gasteiger partial charge >= 0.3 is 0 Å². The Balaban J connectivity index is 0.000000239. The summed E-state index contributed by atoms with van der Waals surface area (Å²) in [4.78, 5) is 9.60. The van der Waals surface area contributed by atoms with Crippen LogP contribution in [0.5, 0.6) is 0 Å². The van der Waals surface area contributed by atoms with Crippen molar-refractivity contribution < 1.29 is 38.2 Å². The van der Waals surface area contributed by atoms with Crippen molar-refractivity contribution in [2.24, 2.45) is 5.41 Å². The second-order valence-corrected chi connectivity index (χ2v) is 25.3. The molecule has 0 amide bonds. The molecular formula is C64H65IrN3OSi-2. The van der Waals surface area contributed by atoms with E-state index < -0.39 is 45.4 Å². The molecule has 0 atom stereocenters. The van der Waals surface area contributed by atoms with Crippen LogP contribution in [-0.2, 0) is 26.5 Å². The van der Waals surface area contributed by atoms with Crippen LogP contribution in [0.2, 0.25) is 19.6 Å². The van der Waals surface area contributed by atoms with Crippen LogP contribution in [0.3, 0.4) is 0 Å². The van der Waals surface area contributed by atoms with E-state index in [2.05, 4.69) is 77.7 Å². The van der Waals surface area contributed by atoms with Crippen molar-refractivity contribution in [2.45, 2.75) is 100.0 Å². The summed E-state index contributed by atoms with van der Waals surface area (Å²) in [5.41, 5.74) is 10.6. The Labute approximate surface area is 444 Å². The Morgan fingerprint density at radius 1 is 0.743 bits per heavy atom. The van der Waals surface area contributed by atoms with Crippen molar-refractivity contribution in [1.82, 2.24) is 14.5 Å². The third-order valence-corrected chi connectivity index (χ3v) is 14.4. The second kappa shape index (κ2) is 20.3. The fourth-order valence-corrected chi connectivity index (χ4v) is 10.0. The maximum Gasteiger partial charge on any atom is 0.121 e. The summed E-state index contributed by atoms with van der Waals surface area (Å²) < 4.78 is 91.6. The van der Waals surface area contributed by atoms with Crippen LogP contribution < -0.4 is 5.19 Å². The molecule has 0 aliphatic heterocycles. The van der Waals surface area contributed by atoms with Crippen molar-refractivity contribution in [3.63, 3.8) is 0 Å². The number of aryl methyl sites for hydroxylation is 2. The van der Waals surface area contributed by atoms with Crippen molar-refractivity contribution in [3.05, 3.63) is 192 Å². The zero-order chi connectivity index (χ0) is 57.4. The number of hydrogen-bond acceptors (Lipinski definition) is 3. The molecule has 6 heteroatoms. The monoisotopic (exact) mass is 1120 g/mol. The predicted octanol–water partition coefficient (Wildman–Crippen LogP) is 17.3. The Hall–Kier alpha value is -6.17. The van der Waals surface area contributed by atoms with Gasteiger partial charge in [0.1, 0.15) is 5.58 Å². The molecule has 357 valence electrons. The number of nitrogens with zero attached hydrogens (tertiary/aromatic N) is 3. The smallest absolute Gasteiger partial charge is 0.121 e. The van der Waals surface area contributed by atoms with Gasteiger partial charge in [-0.3, -0.25) is 4.98 Å². The Morgan fingerprint density at radius 2 is 1.46 bits per heavy atom. The number of rotatable bonds is 9. The zero-order valence-corrected chi connectivity index (χ0v) is 44.9. The van der Waals surface area contributed by atoms with Crippen LogP contribution in [0.4, 0.5) is 0 Å². The quantitative estimate of drug-likeness (QED) is 0.107. The summed E-state index contributed by atoms with van der Waals surface area (Å²) in [5.74, 6) is -1.53. The molecule has 0 N–H and O–H groups in total. The van der Waals surface area contributed by atoms with E-state index in [-0.39, 0.29) is 31.2 Å². The molecule has 0 saturated heterocycles. The molecule has 0 aliphatic carbocycles. The summed E-state index contributed by atoms with van der Waals surface area (Å²) in [6.45, 7) is 15.6. The van der Waals surface area contributed by atoms with E-state index in [0.717, 1.165) is 55.3 Å². The summed E-state index contributed by atoms with van der Waals surface area (Å²) in [7, 11) is -1.50. The molecule has 0 aliphatic rings. The fourth-order valence-electron chi connectivity index (χ4n) is 8.85. The van der Waals surface area contributed by atoms with Crippen molar-refractivity contribution >= 4 is 46.2 Å². The molecule has 7 aromatic carbocycles. The SMILES string of the molecule is [2H]C([2H])([2H])c1c[c-]c(-c2ccc(C([2H])([2H])C(C)(C)C)cn2)cc1-c1ccccc1.[2H]C([2H])([2H])c1ccc2c(c1)oc1c(-c3nc4ccccc4n3-c3c(C([2H])(C)C)cc(-c4ccc([Si](C)(C)C)cc4)cc3C([2H])(C)C)[c-]ccc12.[Ir]. The van der Waals surface area contributed by atoms with Gasteiger partial charge < -0.3 is 14.0 Å². The molecule has 0 bridgehead atoms. The van der Waals surface area contributed by atoms with E-state index in [1.807, 2.05) is 115 Å². The van der Waals surface area contributed by atoms with Gasteiger partial charge in [-0.05, 0) is 105 Å². The number of benzene rings is 7. The van der Waals surface area contributed by atoms with Crippen LogP contribution in [0.25, 0.3) is 83.6 Å². The molecule has 10 aromatic rings. The minimum absolute atomic E-state index is 0. The van der Waals surface area contributed by atoms with Crippen LogP contribution in [0, 0.1) is 31.3 Å². The number of furan rings is 1. The maximum absolute atomic E-state index is 9.49. The first kappa shape index (κ1) is 38.6. The molecule has 3 aromatic heterocycles. The van der Waals surface area contributed by atoms with Crippen LogP contribution >= 0.6 is 0 Å². The Bertz CT molecular complexity index is 3840. The number of imidazole rings is 1. The van der Waals surface area contributed by atoms with Gasteiger partial charge in [0.15, 0.2) is 0 Å². The molecule has 0 unspecified atom stereocenters. The molecule has 0 fully saturated rings. The number of aromatic nitrogens is 3. The average molecular weight is 1120 g/mol. The normalized spacial score (nSPS) is 14.9. The molecule has 4 nitrogen and oxygen atoms in total. The van der Waals surface area contributed by atoms with Crippen LogP contribution in [0.15, 0.2) is 156 Å². The number of pyridine rings is 1. The largest absolute Gasteiger partial charge is 0.501 e. The Kier molecular flexibility index (Phi) is 11.2. The van der Waals surface area contributed by atoms with Gasteiger partial charge in [-0.1, -0.05) is 188 Å². The number of para-hydroxylation sites is 2. The van der Waals surface area contributed by atoms with E-state index in [1.165, 1.54) is 11.3 Å². The van der Waals surface area contributed by atoms with Crippen molar-refractivity contribution in [2.75, 3.05) is 0 Å². The van der Waals surface area contributed by atoms with Gasteiger partial charge in [0.25, 0.3) is 0 Å². The molecule has 1 radical (unpaired) electrons. The molecule has 0 saturated carbocycles. The Morgan fingerprint density at radius 3 is 2.10 bits per heavy atom. The summed E-state index contributed by atoms with van der Waals surface area (Å²) in [6.07, 6.45) is 0.0246. The van der Waals surface area contributed by atoms with Crippen molar-refractivity contribution in [1.29, 1.82) is 0 Å². The summed E-state index contributed by atoms with van der Waals surface area (Å²) in [5, 5.41) is 3.00. The third-order valence-electron chi connectivity index (χ3n) is 12.3. The van der Waals surface area contributed by atoms with Gasteiger partial charge in [0.05, 0.1) is 30.5 Å².